The second kappa shape index (κ2) is 8.01. The van der Waals surface area contributed by atoms with E-state index in [1.807, 2.05) is 14.0 Å². The monoisotopic (exact) mass is 144 g/mol. The van der Waals surface area contributed by atoms with Crippen molar-refractivity contribution < 1.29 is 4.79 Å². The van der Waals surface area contributed by atoms with Crippen molar-refractivity contribution in [3.8, 4) is 0 Å². The predicted molar refractivity (Wildman–Crippen MR) is 43.6 cm³/mol. The molecular formula is C7H16N2O. The third-order valence-electron chi connectivity index (χ3n) is 0.779. The van der Waals surface area contributed by atoms with E-state index in [2.05, 4.69) is 17.2 Å². The van der Waals surface area contributed by atoms with Crippen molar-refractivity contribution in [3.63, 3.8) is 0 Å². The van der Waals surface area contributed by atoms with Gasteiger partial charge in [-0.25, -0.2) is 0 Å². The fraction of sp³-hybridized carbons (Fsp3) is 0.571. The van der Waals surface area contributed by atoms with Gasteiger partial charge in [0.15, 0.2) is 0 Å². The van der Waals surface area contributed by atoms with Gasteiger partial charge in [0.05, 0.1) is 0 Å². The van der Waals surface area contributed by atoms with Crippen LogP contribution in [0.5, 0.6) is 0 Å². The Kier molecular flexibility index (Phi) is 9.42. The molecule has 0 saturated heterocycles. The summed E-state index contributed by atoms with van der Waals surface area (Å²) in [5.74, 6) is 0.00463. The molecule has 0 fully saturated rings. The summed E-state index contributed by atoms with van der Waals surface area (Å²) in [5, 5.41) is 5.22. The number of carbonyl (C=O) groups excluding carboxylic acids is 1. The molecule has 2 N–H and O–H groups in total. The van der Waals surface area contributed by atoms with Crippen LogP contribution in [0.4, 0.5) is 0 Å². The first kappa shape index (κ1) is 11.8. The van der Waals surface area contributed by atoms with E-state index >= 15 is 0 Å². The van der Waals surface area contributed by atoms with Crippen molar-refractivity contribution in [3.05, 3.63) is 12.3 Å². The highest BCUT2D eigenvalue weighted by Gasteiger charge is 1.72. The van der Waals surface area contributed by atoms with Crippen LogP contribution < -0.4 is 10.6 Å². The van der Waals surface area contributed by atoms with Crippen molar-refractivity contribution in [2.24, 2.45) is 0 Å². The van der Waals surface area contributed by atoms with E-state index in [9.17, 15) is 4.79 Å². The largest absolute Gasteiger partial charge is 0.392 e. The minimum atomic E-state index is 0.00463. The van der Waals surface area contributed by atoms with Gasteiger partial charge < -0.3 is 10.6 Å². The lowest BCUT2D eigenvalue weighted by atomic mass is 10.6. The van der Waals surface area contributed by atoms with Gasteiger partial charge in [0, 0.05) is 21.0 Å². The number of amides is 1. The Labute approximate surface area is 62.5 Å². The average molecular weight is 144 g/mol. The average Bonchev–Trinajstić information content (AvgIpc) is 1.89. The number of allylic oxidation sites excluding steroid dienone is 1. The molecule has 0 aliphatic heterocycles. The van der Waals surface area contributed by atoms with E-state index in [4.69, 9.17) is 0 Å². The second-order valence-corrected chi connectivity index (χ2v) is 1.84. The molecule has 3 nitrogen and oxygen atoms in total. The molecule has 0 heterocycles. The molecule has 1 amide bonds. The van der Waals surface area contributed by atoms with Gasteiger partial charge in [0.1, 0.15) is 0 Å². The number of carbonyl (C=O) groups is 1. The molecule has 0 aromatic heterocycles. The van der Waals surface area contributed by atoms with Gasteiger partial charge >= 0.3 is 0 Å². The van der Waals surface area contributed by atoms with Gasteiger partial charge in [-0.05, 0) is 12.6 Å². The highest BCUT2D eigenvalue weighted by atomic mass is 16.1. The van der Waals surface area contributed by atoms with Crippen LogP contribution in [0, 0.1) is 0 Å². The van der Waals surface area contributed by atoms with Crippen LogP contribution in [0.25, 0.3) is 0 Å². The maximum atomic E-state index is 9.70. The molecule has 0 bridgehead atoms. The van der Waals surface area contributed by atoms with E-state index < -0.39 is 0 Å². The topological polar surface area (TPSA) is 41.1 Å². The third-order valence-corrected chi connectivity index (χ3v) is 0.779. The van der Waals surface area contributed by atoms with Crippen LogP contribution in [0.2, 0.25) is 0 Å². The SMILES string of the molecule is C=C(C)NC.CNC(C)=O. The first-order chi connectivity index (χ1) is 4.54. The molecule has 0 radical (unpaired) electrons. The Morgan fingerprint density at radius 1 is 1.20 bits per heavy atom. The summed E-state index contributed by atoms with van der Waals surface area (Å²) in [5.41, 5.74) is 1.00. The fourth-order valence-electron chi connectivity index (χ4n) is 0. The number of nitrogens with one attached hydrogen (secondary N) is 2. The summed E-state index contributed by atoms with van der Waals surface area (Å²) in [6.07, 6.45) is 0. The van der Waals surface area contributed by atoms with Crippen molar-refractivity contribution in [2.75, 3.05) is 14.1 Å². The lowest BCUT2D eigenvalue weighted by molar-refractivity contribution is -0.118. The van der Waals surface area contributed by atoms with Crippen molar-refractivity contribution >= 4 is 5.91 Å². The highest BCUT2D eigenvalue weighted by molar-refractivity contribution is 5.72. The highest BCUT2D eigenvalue weighted by Crippen LogP contribution is 1.68. The van der Waals surface area contributed by atoms with Gasteiger partial charge in [-0.2, -0.15) is 0 Å². The summed E-state index contributed by atoms with van der Waals surface area (Å²) in [4.78, 5) is 9.70. The lowest BCUT2D eigenvalue weighted by Crippen LogP contribution is -2.11. The molecule has 0 aromatic carbocycles. The summed E-state index contributed by atoms with van der Waals surface area (Å²) >= 11 is 0. The molecule has 0 aliphatic rings. The van der Waals surface area contributed by atoms with Crippen molar-refractivity contribution in [2.45, 2.75) is 13.8 Å². The molecule has 0 atom stereocenters. The van der Waals surface area contributed by atoms with Gasteiger partial charge in [-0.3, -0.25) is 4.79 Å². The van der Waals surface area contributed by atoms with Crippen LogP contribution in [0.3, 0.4) is 0 Å². The van der Waals surface area contributed by atoms with E-state index in [-0.39, 0.29) is 5.91 Å². The van der Waals surface area contributed by atoms with Crippen LogP contribution >= 0.6 is 0 Å². The molecule has 0 rings (SSSR count). The molecule has 0 aliphatic carbocycles. The Morgan fingerprint density at radius 3 is 1.40 bits per heavy atom. The molecule has 60 valence electrons. The number of hydrogen-bond acceptors (Lipinski definition) is 2. The predicted octanol–water partition coefficient (Wildman–Crippen LogP) is 0.492. The third kappa shape index (κ3) is 27.9. The Bertz CT molecular complexity index is 96.2. The Morgan fingerprint density at radius 2 is 1.40 bits per heavy atom. The summed E-state index contributed by atoms with van der Waals surface area (Å²) in [6.45, 7) is 6.95. The minimum absolute atomic E-state index is 0.00463. The van der Waals surface area contributed by atoms with Gasteiger partial charge in [-0.15, -0.1) is 0 Å². The van der Waals surface area contributed by atoms with E-state index in [0.717, 1.165) is 5.70 Å². The van der Waals surface area contributed by atoms with E-state index in [0.29, 0.717) is 0 Å². The fourth-order valence-corrected chi connectivity index (χ4v) is 0. The second-order valence-electron chi connectivity index (χ2n) is 1.84. The minimum Gasteiger partial charge on any atom is -0.392 e. The smallest absolute Gasteiger partial charge is 0.216 e. The first-order valence-corrected chi connectivity index (χ1v) is 3.06. The normalized spacial score (nSPS) is 6.80. The molecule has 0 spiro atoms. The Balaban J connectivity index is 0. The molecule has 0 aromatic rings. The summed E-state index contributed by atoms with van der Waals surface area (Å²) in [6, 6.07) is 0. The van der Waals surface area contributed by atoms with E-state index in [1.165, 1.54) is 6.92 Å². The summed E-state index contributed by atoms with van der Waals surface area (Å²) < 4.78 is 0. The van der Waals surface area contributed by atoms with Crippen molar-refractivity contribution in [1.82, 2.24) is 10.6 Å². The maximum absolute atomic E-state index is 9.70. The van der Waals surface area contributed by atoms with Crippen molar-refractivity contribution in [1.29, 1.82) is 0 Å². The molecule has 0 unspecified atom stereocenters. The standard InChI is InChI=1S/C4H9N.C3H7NO/c1-4(2)5-3;1-3(5)4-2/h5H,1H2,2-3H3;1-2H3,(H,4,5). The lowest BCUT2D eigenvalue weighted by Gasteiger charge is -1.87. The van der Waals surface area contributed by atoms with Crippen LogP contribution in [-0.4, -0.2) is 20.0 Å². The van der Waals surface area contributed by atoms with Crippen LogP contribution in [0.1, 0.15) is 13.8 Å². The molecule has 10 heavy (non-hydrogen) atoms. The molecule has 0 saturated carbocycles. The number of hydrogen-bond donors (Lipinski definition) is 2. The number of rotatable bonds is 1. The molecule has 3 heteroatoms. The molecular weight excluding hydrogens is 128 g/mol. The van der Waals surface area contributed by atoms with Crippen LogP contribution in [-0.2, 0) is 4.79 Å². The maximum Gasteiger partial charge on any atom is 0.216 e. The quantitative estimate of drug-likeness (QED) is 0.562. The zero-order valence-electron chi connectivity index (χ0n) is 7.12. The Hall–Kier alpha value is -0.990. The zero-order valence-corrected chi connectivity index (χ0v) is 7.12. The van der Waals surface area contributed by atoms with Crippen LogP contribution in [0.15, 0.2) is 12.3 Å². The van der Waals surface area contributed by atoms with Gasteiger partial charge in [0.25, 0.3) is 0 Å². The summed E-state index contributed by atoms with van der Waals surface area (Å²) in [7, 11) is 3.45. The first-order valence-electron chi connectivity index (χ1n) is 3.06. The van der Waals surface area contributed by atoms with Gasteiger partial charge in [0.2, 0.25) is 5.91 Å². The van der Waals surface area contributed by atoms with E-state index in [1.54, 1.807) is 7.05 Å². The van der Waals surface area contributed by atoms with Gasteiger partial charge in [-0.1, -0.05) is 6.58 Å². The zero-order chi connectivity index (χ0) is 8.57.